The van der Waals surface area contributed by atoms with Gasteiger partial charge in [0.05, 0.1) is 12.6 Å². The van der Waals surface area contributed by atoms with Gasteiger partial charge in [-0.05, 0) is 29.7 Å². The van der Waals surface area contributed by atoms with E-state index >= 15 is 0 Å². The molecule has 1 amide bonds. The van der Waals surface area contributed by atoms with Crippen LogP contribution in [0.5, 0.6) is 0 Å². The first-order valence-corrected chi connectivity index (χ1v) is 8.09. The summed E-state index contributed by atoms with van der Waals surface area (Å²) in [6.45, 7) is 1.87. The number of carbonyl (C=O) groups is 1. The molecule has 3 aromatic rings. The van der Waals surface area contributed by atoms with Crippen LogP contribution in [0.15, 0.2) is 59.4 Å². The van der Waals surface area contributed by atoms with E-state index in [2.05, 4.69) is 22.4 Å². The third-order valence-electron chi connectivity index (χ3n) is 3.99. The third-order valence-corrected chi connectivity index (χ3v) is 3.99. The van der Waals surface area contributed by atoms with Crippen LogP contribution in [-0.4, -0.2) is 27.8 Å². The molecule has 0 aliphatic rings. The summed E-state index contributed by atoms with van der Waals surface area (Å²) in [7, 11) is 0. The number of aliphatic hydroxyl groups excluding tert-OH is 1. The van der Waals surface area contributed by atoms with Crippen molar-refractivity contribution in [3.8, 4) is 11.3 Å². The normalized spacial score (nSPS) is 11.9. The lowest BCUT2D eigenvalue weighted by atomic mass is 10.0. The number of hydrogen-bond acceptors (Lipinski definition) is 5. The Morgan fingerprint density at radius 2 is 1.92 bits per heavy atom. The second kappa shape index (κ2) is 7.72. The monoisotopic (exact) mass is 337 g/mol. The molecule has 0 radical (unpaired) electrons. The summed E-state index contributed by atoms with van der Waals surface area (Å²) >= 11 is 0. The summed E-state index contributed by atoms with van der Waals surface area (Å²) in [5.41, 5.74) is 2.99. The molecule has 0 spiro atoms. The number of amides is 1. The van der Waals surface area contributed by atoms with Crippen LogP contribution in [-0.2, 0) is 6.42 Å². The number of rotatable bonds is 6. The average molecular weight is 337 g/mol. The zero-order chi connectivity index (χ0) is 17.6. The van der Waals surface area contributed by atoms with Crippen molar-refractivity contribution in [2.24, 2.45) is 0 Å². The Labute approximate surface area is 145 Å². The fourth-order valence-electron chi connectivity index (χ4n) is 2.49. The molecule has 1 atom stereocenters. The van der Waals surface area contributed by atoms with E-state index in [1.165, 1.54) is 5.56 Å². The molecule has 0 bridgehead atoms. The Bertz CT molecular complexity index is 829. The van der Waals surface area contributed by atoms with Gasteiger partial charge in [0.15, 0.2) is 11.5 Å². The van der Waals surface area contributed by atoms with Crippen molar-refractivity contribution in [1.82, 2.24) is 15.5 Å². The molecule has 6 heteroatoms. The van der Waals surface area contributed by atoms with Crippen LogP contribution >= 0.6 is 0 Å². The SMILES string of the molecule is CCc1ccc(C(CO)NC(=O)c2cc(-c3ccncc3)on2)cc1. The molecule has 0 fully saturated rings. The van der Waals surface area contributed by atoms with E-state index in [0.717, 1.165) is 17.5 Å². The first kappa shape index (κ1) is 16.9. The molecule has 6 nitrogen and oxygen atoms in total. The van der Waals surface area contributed by atoms with Crippen LogP contribution in [0.1, 0.15) is 34.6 Å². The number of benzene rings is 1. The Morgan fingerprint density at radius 3 is 2.56 bits per heavy atom. The second-order valence-electron chi connectivity index (χ2n) is 5.62. The summed E-state index contributed by atoms with van der Waals surface area (Å²) in [5, 5.41) is 16.2. The van der Waals surface area contributed by atoms with Gasteiger partial charge in [-0.15, -0.1) is 0 Å². The van der Waals surface area contributed by atoms with E-state index in [1.807, 2.05) is 24.3 Å². The van der Waals surface area contributed by atoms with Crippen LogP contribution < -0.4 is 5.32 Å². The number of aryl methyl sites for hydroxylation is 1. The highest BCUT2D eigenvalue weighted by Crippen LogP contribution is 2.20. The van der Waals surface area contributed by atoms with Gasteiger partial charge >= 0.3 is 0 Å². The van der Waals surface area contributed by atoms with Gasteiger partial charge in [0.1, 0.15) is 0 Å². The largest absolute Gasteiger partial charge is 0.394 e. The highest BCUT2D eigenvalue weighted by Gasteiger charge is 2.18. The van der Waals surface area contributed by atoms with Gasteiger partial charge in [-0.2, -0.15) is 0 Å². The third kappa shape index (κ3) is 3.92. The number of nitrogens with one attached hydrogen (secondary N) is 1. The molecule has 1 aromatic carbocycles. The lowest BCUT2D eigenvalue weighted by Gasteiger charge is -2.16. The van der Waals surface area contributed by atoms with Crippen LogP contribution in [0.25, 0.3) is 11.3 Å². The molecule has 0 aliphatic heterocycles. The van der Waals surface area contributed by atoms with Crippen molar-refractivity contribution in [2.75, 3.05) is 6.61 Å². The molecular formula is C19H19N3O3. The number of aromatic nitrogens is 2. The number of carbonyl (C=O) groups excluding carboxylic acids is 1. The molecule has 2 heterocycles. The molecule has 0 saturated heterocycles. The van der Waals surface area contributed by atoms with Gasteiger partial charge in [0, 0.05) is 24.0 Å². The summed E-state index contributed by atoms with van der Waals surface area (Å²) < 4.78 is 5.22. The van der Waals surface area contributed by atoms with Crippen LogP contribution in [0.3, 0.4) is 0 Å². The van der Waals surface area contributed by atoms with Crippen molar-refractivity contribution in [1.29, 1.82) is 0 Å². The topological polar surface area (TPSA) is 88.2 Å². The van der Waals surface area contributed by atoms with E-state index in [9.17, 15) is 9.90 Å². The summed E-state index contributed by atoms with van der Waals surface area (Å²) in [6, 6.07) is 12.4. The van der Waals surface area contributed by atoms with E-state index in [-0.39, 0.29) is 12.3 Å². The number of pyridine rings is 1. The van der Waals surface area contributed by atoms with E-state index in [1.54, 1.807) is 30.6 Å². The van der Waals surface area contributed by atoms with Crippen molar-refractivity contribution >= 4 is 5.91 Å². The van der Waals surface area contributed by atoms with Gasteiger partial charge in [0.25, 0.3) is 5.91 Å². The van der Waals surface area contributed by atoms with Gasteiger partial charge < -0.3 is 14.9 Å². The van der Waals surface area contributed by atoms with E-state index < -0.39 is 11.9 Å². The minimum atomic E-state index is -0.500. The van der Waals surface area contributed by atoms with E-state index in [0.29, 0.717) is 5.76 Å². The Kier molecular flexibility index (Phi) is 5.20. The van der Waals surface area contributed by atoms with Gasteiger partial charge in [0.2, 0.25) is 0 Å². The van der Waals surface area contributed by atoms with Crippen LogP contribution in [0.2, 0.25) is 0 Å². The Morgan fingerprint density at radius 1 is 1.20 bits per heavy atom. The molecule has 1 unspecified atom stereocenters. The standard InChI is InChI=1S/C19H19N3O3/c1-2-13-3-5-14(6-4-13)17(12-23)21-19(24)16-11-18(25-22-16)15-7-9-20-10-8-15/h3-11,17,23H,2,12H2,1H3,(H,21,24). The summed E-state index contributed by atoms with van der Waals surface area (Å²) in [6.07, 6.45) is 4.21. The molecule has 3 rings (SSSR count). The van der Waals surface area contributed by atoms with Crippen LogP contribution in [0, 0.1) is 0 Å². The second-order valence-corrected chi connectivity index (χ2v) is 5.62. The molecule has 25 heavy (non-hydrogen) atoms. The smallest absolute Gasteiger partial charge is 0.274 e. The summed E-state index contributed by atoms with van der Waals surface area (Å²) in [4.78, 5) is 16.3. The number of nitrogens with zero attached hydrogens (tertiary/aromatic N) is 2. The van der Waals surface area contributed by atoms with Gasteiger partial charge in [-0.25, -0.2) is 0 Å². The maximum Gasteiger partial charge on any atom is 0.274 e. The van der Waals surface area contributed by atoms with Crippen LogP contribution in [0.4, 0.5) is 0 Å². The highest BCUT2D eigenvalue weighted by molar-refractivity contribution is 5.93. The van der Waals surface area contributed by atoms with Crippen molar-refractivity contribution in [3.63, 3.8) is 0 Å². The minimum absolute atomic E-state index is 0.162. The Balaban J connectivity index is 1.73. The first-order chi connectivity index (χ1) is 12.2. The van der Waals surface area contributed by atoms with Crippen molar-refractivity contribution in [2.45, 2.75) is 19.4 Å². The maximum atomic E-state index is 12.4. The fraction of sp³-hybridized carbons (Fsp3) is 0.211. The zero-order valence-corrected chi connectivity index (χ0v) is 13.8. The fourth-order valence-corrected chi connectivity index (χ4v) is 2.49. The predicted octanol–water partition coefficient (Wildman–Crippen LogP) is 2.76. The zero-order valence-electron chi connectivity index (χ0n) is 13.8. The molecule has 128 valence electrons. The molecule has 2 aromatic heterocycles. The average Bonchev–Trinajstić information content (AvgIpc) is 3.17. The molecular weight excluding hydrogens is 318 g/mol. The maximum absolute atomic E-state index is 12.4. The summed E-state index contributed by atoms with van der Waals surface area (Å²) in [5.74, 6) is 0.0862. The lowest BCUT2D eigenvalue weighted by Crippen LogP contribution is -2.31. The van der Waals surface area contributed by atoms with E-state index in [4.69, 9.17) is 4.52 Å². The van der Waals surface area contributed by atoms with Gasteiger partial charge in [-0.1, -0.05) is 36.3 Å². The van der Waals surface area contributed by atoms with Crippen molar-refractivity contribution < 1.29 is 14.4 Å². The highest BCUT2D eigenvalue weighted by atomic mass is 16.5. The Hall–Kier alpha value is -2.99. The number of hydrogen-bond donors (Lipinski definition) is 2. The number of aliphatic hydroxyl groups is 1. The lowest BCUT2D eigenvalue weighted by molar-refractivity contribution is 0.0907. The first-order valence-electron chi connectivity index (χ1n) is 8.09. The van der Waals surface area contributed by atoms with Gasteiger partial charge in [-0.3, -0.25) is 9.78 Å². The minimum Gasteiger partial charge on any atom is -0.394 e. The predicted molar refractivity (Wildman–Crippen MR) is 92.8 cm³/mol. The molecule has 0 saturated carbocycles. The van der Waals surface area contributed by atoms with Crippen molar-refractivity contribution in [3.05, 3.63) is 71.7 Å². The molecule has 2 N–H and O–H groups in total. The quantitative estimate of drug-likeness (QED) is 0.722. The molecule has 0 aliphatic carbocycles.